The predicted octanol–water partition coefficient (Wildman–Crippen LogP) is 5.08. The van der Waals surface area contributed by atoms with E-state index in [1.807, 2.05) is 43.3 Å². The Bertz CT molecular complexity index is 1000. The standard InChI is InChI=1S/C24H23FN2O2/c1-3-24(29)27(2)20-10-7-18(8-11-20)19-9-12-21(22(25)15-19)23(28)13-6-17-5-4-14-26-16-17/h4-5,7-12,14-16H,3,6,13H2,1-2H3. The third-order valence-electron chi connectivity index (χ3n) is 4.90. The van der Waals surface area contributed by atoms with E-state index in [-0.39, 0.29) is 23.7 Å². The van der Waals surface area contributed by atoms with E-state index in [0.717, 1.165) is 16.8 Å². The second kappa shape index (κ2) is 9.24. The molecule has 1 aromatic heterocycles. The van der Waals surface area contributed by atoms with Crippen LogP contribution in [0.25, 0.3) is 11.1 Å². The normalized spacial score (nSPS) is 10.6. The van der Waals surface area contributed by atoms with Crippen LogP contribution < -0.4 is 4.90 Å². The number of Topliss-reactive ketones (excluding diaryl/α,β-unsaturated/α-hetero) is 1. The lowest BCUT2D eigenvalue weighted by atomic mass is 9.99. The van der Waals surface area contributed by atoms with Crippen LogP contribution in [0.15, 0.2) is 67.0 Å². The zero-order valence-electron chi connectivity index (χ0n) is 16.6. The monoisotopic (exact) mass is 390 g/mol. The lowest BCUT2D eigenvalue weighted by Crippen LogP contribution is -2.24. The van der Waals surface area contributed by atoms with Crippen LogP contribution in [-0.4, -0.2) is 23.7 Å². The third kappa shape index (κ3) is 4.93. The Morgan fingerprint density at radius 1 is 1.03 bits per heavy atom. The van der Waals surface area contributed by atoms with Gasteiger partial charge in [-0.3, -0.25) is 14.6 Å². The number of aryl methyl sites for hydroxylation is 1. The van der Waals surface area contributed by atoms with E-state index in [1.54, 1.807) is 30.4 Å². The van der Waals surface area contributed by atoms with Crippen molar-refractivity contribution in [3.05, 3.63) is 83.9 Å². The molecule has 0 radical (unpaired) electrons. The first-order valence-electron chi connectivity index (χ1n) is 9.58. The van der Waals surface area contributed by atoms with Crippen molar-refractivity contribution in [2.45, 2.75) is 26.2 Å². The molecule has 148 valence electrons. The number of nitrogens with zero attached hydrogens (tertiary/aromatic N) is 2. The topological polar surface area (TPSA) is 50.3 Å². The molecule has 0 atom stereocenters. The van der Waals surface area contributed by atoms with Crippen LogP contribution in [0.5, 0.6) is 0 Å². The highest BCUT2D eigenvalue weighted by atomic mass is 19.1. The second-order valence-electron chi connectivity index (χ2n) is 6.83. The van der Waals surface area contributed by atoms with Gasteiger partial charge < -0.3 is 4.90 Å². The fourth-order valence-corrected chi connectivity index (χ4v) is 3.12. The van der Waals surface area contributed by atoms with Crippen LogP contribution in [0.3, 0.4) is 0 Å². The number of halogens is 1. The molecule has 0 saturated carbocycles. The van der Waals surface area contributed by atoms with E-state index in [4.69, 9.17) is 0 Å². The molecule has 2 aromatic carbocycles. The van der Waals surface area contributed by atoms with E-state index in [1.165, 1.54) is 12.1 Å². The zero-order valence-corrected chi connectivity index (χ0v) is 16.6. The van der Waals surface area contributed by atoms with Gasteiger partial charge >= 0.3 is 0 Å². The van der Waals surface area contributed by atoms with Crippen molar-refractivity contribution in [3.8, 4) is 11.1 Å². The maximum Gasteiger partial charge on any atom is 0.226 e. The smallest absolute Gasteiger partial charge is 0.226 e. The summed E-state index contributed by atoms with van der Waals surface area (Å²) in [6.07, 6.45) is 4.57. The molecule has 3 aromatic rings. The first-order chi connectivity index (χ1) is 14.0. The van der Waals surface area contributed by atoms with Crippen molar-refractivity contribution < 1.29 is 14.0 Å². The Hall–Kier alpha value is -3.34. The quantitative estimate of drug-likeness (QED) is 0.529. The zero-order chi connectivity index (χ0) is 20.8. The van der Waals surface area contributed by atoms with Gasteiger partial charge in [-0.2, -0.15) is 0 Å². The van der Waals surface area contributed by atoms with Gasteiger partial charge in [0.25, 0.3) is 0 Å². The first-order valence-corrected chi connectivity index (χ1v) is 9.58. The molecule has 1 heterocycles. The van der Waals surface area contributed by atoms with E-state index in [2.05, 4.69) is 4.98 Å². The Labute approximate surface area is 170 Å². The van der Waals surface area contributed by atoms with E-state index in [0.29, 0.717) is 18.4 Å². The largest absolute Gasteiger partial charge is 0.316 e. The summed E-state index contributed by atoms with van der Waals surface area (Å²) in [6.45, 7) is 1.82. The van der Waals surface area contributed by atoms with Crippen molar-refractivity contribution in [2.75, 3.05) is 11.9 Å². The molecule has 5 heteroatoms. The van der Waals surface area contributed by atoms with E-state index < -0.39 is 5.82 Å². The summed E-state index contributed by atoms with van der Waals surface area (Å²) in [5.74, 6) is -0.730. The molecule has 0 bridgehead atoms. The van der Waals surface area contributed by atoms with Crippen molar-refractivity contribution in [3.63, 3.8) is 0 Å². The van der Waals surface area contributed by atoms with Gasteiger partial charge in [0.1, 0.15) is 5.82 Å². The van der Waals surface area contributed by atoms with Crippen molar-refractivity contribution in [2.24, 2.45) is 0 Å². The minimum absolute atomic E-state index is 0.0259. The van der Waals surface area contributed by atoms with Crippen LogP contribution in [0, 0.1) is 5.82 Å². The number of aromatic nitrogens is 1. The van der Waals surface area contributed by atoms with Gasteiger partial charge in [-0.1, -0.05) is 31.2 Å². The molecule has 0 N–H and O–H groups in total. The van der Waals surface area contributed by atoms with Crippen molar-refractivity contribution in [1.29, 1.82) is 0 Å². The summed E-state index contributed by atoms with van der Waals surface area (Å²) >= 11 is 0. The van der Waals surface area contributed by atoms with Gasteiger partial charge in [-0.05, 0) is 53.4 Å². The maximum atomic E-state index is 14.6. The number of pyridine rings is 1. The lowest BCUT2D eigenvalue weighted by molar-refractivity contribution is -0.118. The Kier molecular flexibility index (Phi) is 6.50. The Morgan fingerprint density at radius 2 is 1.76 bits per heavy atom. The molecule has 0 aliphatic heterocycles. The summed E-state index contributed by atoms with van der Waals surface area (Å²) in [5.41, 5.74) is 3.33. The average Bonchev–Trinajstić information content (AvgIpc) is 2.77. The lowest BCUT2D eigenvalue weighted by Gasteiger charge is -2.16. The number of amides is 1. The SMILES string of the molecule is CCC(=O)N(C)c1ccc(-c2ccc(C(=O)CCc3cccnc3)c(F)c2)cc1. The summed E-state index contributed by atoms with van der Waals surface area (Å²) in [6, 6.07) is 15.7. The van der Waals surface area contributed by atoms with Crippen molar-refractivity contribution in [1.82, 2.24) is 4.98 Å². The molecule has 0 aliphatic carbocycles. The Balaban J connectivity index is 1.72. The third-order valence-corrected chi connectivity index (χ3v) is 4.90. The highest BCUT2D eigenvalue weighted by Gasteiger charge is 2.14. The highest BCUT2D eigenvalue weighted by molar-refractivity contribution is 5.97. The fraction of sp³-hybridized carbons (Fsp3) is 0.208. The number of hydrogen-bond acceptors (Lipinski definition) is 3. The molecule has 0 spiro atoms. The molecule has 1 amide bonds. The summed E-state index contributed by atoms with van der Waals surface area (Å²) in [7, 11) is 1.73. The summed E-state index contributed by atoms with van der Waals surface area (Å²) in [5, 5.41) is 0. The van der Waals surface area contributed by atoms with Gasteiger partial charge in [0.2, 0.25) is 5.91 Å². The molecule has 0 aliphatic rings. The summed E-state index contributed by atoms with van der Waals surface area (Å²) < 4.78 is 14.6. The molecular formula is C24H23FN2O2. The maximum absolute atomic E-state index is 14.6. The molecule has 0 unspecified atom stereocenters. The van der Waals surface area contributed by atoms with Crippen LogP contribution in [0.2, 0.25) is 0 Å². The minimum Gasteiger partial charge on any atom is -0.316 e. The number of hydrogen-bond donors (Lipinski definition) is 0. The minimum atomic E-state index is -0.527. The number of ketones is 1. The van der Waals surface area contributed by atoms with Gasteiger partial charge in [0, 0.05) is 38.0 Å². The fourth-order valence-electron chi connectivity index (χ4n) is 3.12. The van der Waals surface area contributed by atoms with Gasteiger partial charge in [0.15, 0.2) is 5.78 Å². The predicted molar refractivity (Wildman–Crippen MR) is 112 cm³/mol. The molecule has 0 saturated heterocycles. The van der Waals surface area contributed by atoms with Crippen LogP contribution in [0.1, 0.15) is 35.7 Å². The van der Waals surface area contributed by atoms with E-state index >= 15 is 0 Å². The number of carbonyl (C=O) groups excluding carboxylic acids is 2. The van der Waals surface area contributed by atoms with E-state index in [9.17, 15) is 14.0 Å². The molecule has 0 fully saturated rings. The highest BCUT2D eigenvalue weighted by Crippen LogP contribution is 2.25. The number of anilines is 1. The second-order valence-corrected chi connectivity index (χ2v) is 6.83. The van der Waals surface area contributed by atoms with Gasteiger partial charge in [0.05, 0.1) is 5.56 Å². The van der Waals surface area contributed by atoms with Crippen molar-refractivity contribution >= 4 is 17.4 Å². The summed E-state index contributed by atoms with van der Waals surface area (Å²) in [4.78, 5) is 29.8. The Morgan fingerprint density at radius 3 is 2.38 bits per heavy atom. The number of rotatable bonds is 7. The number of benzene rings is 2. The molecule has 4 nitrogen and oxygen atoms in total. The van der Waals surface area contributed by atoms with Gasteiger partial charge in [-0.25, -0.2) is 4.39 Å². The molecule has 29 heavy (non-hydrogen) atoms. The first kappa shape index (κ1) is 20.4. The molecular weight excluding hydrogens is 367 g/mol. The average molecular weight is 390 g/mol. The van der Waals surface area contributed by atoms with Crippen LogP contribution in [-0.2, 0) is 11.2 Å². The number of carbonyl (C=O) groups is 2. The van der Waals surface area contributed by atoms with Crippen LogP contribution >= 0.6 is 0 Å². The van der Waals surface area contributed by atoms with Crippen LogP contribution in [0.4, 0.5) is 10.1 Å². The van der Waals surface area contributed by atoms with Gasteiger partial charge in [-0.15, -0.1) is 0 Å². The molecule has 3 rings (SSSR count).